The number of nitrogens with two attached hydrogens (primary N) is 1. The standard InChI is InChI=1S/C10H14BrN3O/c1-3-14-6-8(12)4-9(14)10(15)13-5-7(2)11/h4,6H,2-3,5,12H2,1H3,(H,13,15). The van der Waals surface area contributed by atoms with Crippen LogP contribution in [0.5, 0.6) is 0 Å². The largest absolute Gasteiger partial charge is 0.397 e. The van der Waals surface area contributed by atoms with Crippen molar-refractivity contribution in [3.63, 3.8) is 0 Å². The number of carbonyl (C=O) groups excluding carboxylic acids is 1. The van der Waals surface area contributed by atoms with Gasteiger partial charge in [-0.05, 0) is 13.0 Å². The number of hydrogen-bond donors (Lipinski definition) is 2. The van der Waals surface area contributed by atoms with E-state index in [0.29, 0.717) is 17.9 Å². The molecule has 0 saturated heterocycles. The third-order valence-electron chi connectivity index (χ3n) is 1.93. The summed E-state index contributed by atoms with van der Waals surface area (Å²) in [5.41, 5.74) is 6.79. The van der Waals surface area contributed by atoms with Crippen molar-refractivity contribution in [2.75, 3.05) is 12.3 Å². The van der Waals surface area contributed by atoms with E-state index in [1.165, 1.54) is 0 Å². The molecule has 0 aliphatic carbocycles. The fourth-order valence-corrected chi connectivity index (χ4v) is 1.39. The lowest BCUT2D eigenvalue weighted by Gasteiger charge is -2.06. The molecule has 0 aromatic carbocycles. The van der Waals surface area contributed by atoms with Crippen molar-refractivity contribution in [1.82, 2.24) is 9.88 Å². The molecule has 0 bridgehead atoms. The van der Waals surface area contributed by atoms with Crippen molar-refractivity contribution < 1.29 is 4.79 Å². The second kappa shape index (κ2) is 5.02. The molecule has 0 aliphatic rings. The van der Waals surface area contributed by atoms with Gasteiger partial charge in [-0.1, -0.05) is 22.5 Å². The Morgan fingerprint density at radius 2 is 2.40 bits per heavy atom. The lowest BCUT2D eigenvalue weighted by Crippen LogP contribution is -2.26. The Morgan fingerprint density at radius 1 is 1.73 bits per heavy atom. The summed E-state index contributed by atoms with van der Waals surface area (Å²) in [5, 5.41) is 2.72. The van der Waals surface area contributed by atoms with Crippen LogP contribution in [0.3, 0.4) is 0 Å². The van der Waals surface area contributed by atoms with Crippen molar-refractivity contribution >= 4 is 27.5 Å². The molecule has 3 N–H and O–H groups in total. The van der Waals surface area contributed by atoms with Crippen LogP contribution in [0.2, 0.25) is 0 Å². The van der Waals surface area contributed by atoms with Gasteiger partial charge in [0.05, 0.1) is 5.69 Å². The second-order valence-corrected chi connectivity index (χ2v) is 4.27. The number of carbonyl (C=O) groups is 1. The minimum atomic E-state index is -0.144. The molecule has 0 aliphatic heterocycles. The number of amides is 1. The molecule has 1 heterocycles. The van der Waals surface area contributed by atoms with Crippen LogP contribution in [-0.2, 0) is 6.54 Å². The number of aryl methyl sites for hydroxylation is 1. The number of nitrogens with one attached hydrogen (secondary N) is 1. The van der Waals surface area contributed by atoms with E-state index in [1.807, 2.05) is 11.5 Å². The fourth-order valence-electron chi connectivity index (χ4n) is 1.25. The molecular formula is C10H14BrN3O. The Balaban J connectivity index is 2.76. The highest BCUT2D eigenvalue weighted by Gasteiger charge is 2.11. The summed E-state index contributed by atoms with van der Waals surface area (Å²) in [6, 6.07) is 1.66. The van der Waals surface area contributed by atoms with E-state index in [4.69, 9.17) is 5.73 Å². The maximum atomic E-state index is 11.7. The molecule has 15 heavy (non-hydrogen) atoms. The molecule has 82 valence electrons. The van der Waals surface area contributed by atoms with Crippen LogP contribution in [0.1, 0.15) is 17.4 Å². The van der Waals surface area contributed by atoms with Gasteiger partial charge in [0.25, 0.3) is 5.91 Å². The van der Waals surface area contributed by atoms with Crippen LogP contribution < -0.4 is 11.1 Å². The molecule has 4 nitrogen and oxygen atoms in total. The molecule has 0 radical (unpaired) electrons. The average molecular weight is 272 g/mol. The molecular weight excluding hydrogens is 258 g/mol. The fraction of sp³-hybridized carbons (Fsp3) is 0.300. The first-order chi connectivity index (χ1) is 7.04. The number of anilines is 1. The van der Waals surface area contributed by atoms with Gasteiger partial charge >= 0.3 is 0 Å². The number of hydrogen-bond acceptors (Lipinski definition) is 2. The SMILES string of the molecule is C=C(Br)CNC(=O)c1cc(N)cn1CC. The Hall–Kier alpha value is -1.23. The molecule has 1 aromatic heterocycles. The summed E-state index contributed by atoms with van der Waals surface area (Å²) in [4.78, 5) is 11.7. The van der Waals surface area contributed by atoms with Crippen LogP contribution in [0.4, 0.5) is 5.69 Å². The van der Waals surface area contributed by atoms with Gasteiger partial charge < -0.3 is 15.6 Å². The molecule has 0 fully saturated rings. The number of aromatic nitrogens is 1. The van der Waals surface area contributed by atoms with Crippen molar-refractivity contribution in [3.8, 4) is 0 Å². The zero-order chi connectivity index (χ0) is 11.4. The van der Waals surface area contributed by atoms with E-state index in [0.717, 1.165) is 11.0 Å². The number of halogens is 1. The summed E-state index contributed by atoms with van der Waals surface area (Å²) in [6.07, 6.45) is 1.75. The highest BCUT2D eigenvalue weighted by Crippen LogP contribution is 2.10. The second-order valence-electron chi connectivity index (χ2n) is 3.14. The molecule has 0 spiro atoms. The summed E-state index contributed by atoms with van der Waals surface area (Å²) in [7, 11) is 0. The van der Waals surface area contributed by atoms with Crippen LogP contribution in [0, 0.1) is 0 Å². The van der Waals surface area contributed by atoms with Crippen molar-refractivity contribution in [2.45, 2.75) is 13.5 Å². The molecule has 1 rings (SSSR count). The maximum Gasteiger partial charge on any atom is 0.268 e. The van der Waals surface area contributed by atoms with Gasteiger partial charge in [-0.2, -0.15) is 0 Å². The van der Waals surface area contributed by atoms with Crippen LogP contribution in [0.25, 0.3) is 0 Å². The Labute approximate surface area is 97.3 Å². The maximum absolute atomic E-state index is 11.7. The molecule has 0 saturated carbocycles. The summed E-state index contributed by atoms with van der Waals surface area (Å²) < 4.78 is 2.54. The van der Waals surface area contributed by atoms with Gasteiger partial charge in [0.2, 0.25) is 0 Å². The van der Waals surface area contributed by atoms with Gasteiger partial charge in [0.1, 0.15) is 5.69 Å². The quantitative estimate of drug-likeness (QED) is 0.876. The molecule has 1 amide bonds. The van der Waals surface area contributed by atoms with E-state index >= 15 is 0 Å². The third kappa shape index (κ3) is 3.13. The molecule has 0 unspecified atom stereocenters. The average Bonchev–Trinajstić information content (AvgIpc) is 2.56. The highest BCUT2D eigenvalue weighted by atomic mass is 79.9. The van der Waals surface area contributed by atoms with Gasteiger partial charge in [-0.3, -0.25) is 4.79 Å². The van der Waals surface area contributed by atoms with E-state index in [9.17, 15) is 4.79 Å². The zero-order valence-corrected chi connectivity index (χ0v) is 10.2. The topological polar surface area (TPSA) is 60.1 Å². The minimum Gasteiger partial charge on any atom is -0.397 e. The van der Waals surface area contributed by atoms with E-state index in [2.05, 4.69) is 27.8 Å². The first-order valence-corrected chi connectivity index (χ1v) is 5.41. The van der Waals surface area contributed by atoms with E-state index in [-0.39, 0.29) is 5.91 Å². The van der Waals surface area contributed by atoms with Gasteiger partial charge in [-0.25, -0.2) is 0 Å². The van der Waals surface area contributed by atoms with Crippen molar-refractivity contribution in [3.05, 3.63) is 29.0 Å². The van der Waals surface area contributed by atoms with Gasteiger partial charge in [0, 0.05) is 23.8 Å². The van der Waals surface area contributed by atoms with Crippen LogP contribution in [-0.4, -0.2) is 17.0 Å². The lowest BCUT2D eigenvalue weighted by atomic mass is 10.3. The summed E-state index contributed by atoms with van der Waals surface area (Å²) in [5.74, 6) is -0.144. The summed E-state index contributed by atoms with van der Waals surface area (Å²) >= 11 is 3.18. The molecule has 0 atom stereocenters. The van der Waals surface area contributed by atoms with Crippen molar-refractivity contribution in [1.29, 1.82) is 0 Å². The van der Waals surface area contributed by atoms with E-state index < -0.39 is 0 Å². The van der Waals surface area contributed by atoms with Gasteiger partial charge in [0.15, 0.2) is 0 Å². The highest BCUT2D eigenvalue weighted by molar-refractivity contribution is 9.11. The summed E-state index contributed by atoms with van der Waals surface area (Å²) in [6.45, 7) is 6.72. The monoisotopic (exact) mass is 271 g/mol. The number of nitrogen functional groups attached to an aromatic ring is 1. The number of rotatable bonds is 4. The van der Waals surface area contributed by atoms with Crippen molar-refractivity contribution in [2.24, 2.45) is 0 Å². The molecule has 1 aromatic rings. The minimum absolute atomic E-state index is 0.144. The Kier molecular flexibility index (Phi) is 3.96. The van der Waals surface area contributed by atoms with E-state index in [1.54, 1.807) is 12.3 Å². The predicted octanol–water partition coefficient (Wildman–Crippen LogP) is 1.73. The normalized spacial score (nSPS) is 10.0. The smallest absolute Gasteiger partial charge is 0.268 e. The van der Waals surface area contributed by atoms with Crippen LogP contribution in [0.15, 0.2) is 23.3 Å². The lowest BCUT2D eigenvalue weighted by molar-refractivity contribution is 0.0948. The third-order valence-corrected chi connectivity index (χ3v) is 2.21. The van der Waals surface area contributed by atoms with Crippen LogP contribution >= 0.6 is 15.9 Å². The first-order valence-electron chi connectivity index (χ1n) is 4.61. The predicted molar refractivity (Wildman–Crippen MR) is 64.9 cm³/mol. The first kappa shape index (κ1) is 11.8. The Morgan fingerprint density at radius 3 is 2.93 bits per heavy atom. The zero-order valence-electron chi connectivity index (χ0n) is 8.59. The Bertz CT molecular complexity index is 384. The molecule has 5 heteroatoms. The number of nitrogens with zero attached hydrogens (tertiary/aromatic N) is 1. The van der Waals surface area contributed by atoms with Gasteiger partial charge in [-0.15, -0.1) is 0 Å².